The van der Waals surface area contributed by atoms with Crippen molar-refractivity contribution in [2.45, 2.75) is 69.1 Å². The number of aromatic nitrogens is 1. The molecule has 2 N–H and O–H groups in total. The largest absolute Gasteiger partial charge is 0.392 e. The van der Waals surface area contributed by atoms with Gasteiger partial charge in [-0.15, -0.1) is 0 Å². The van der Waals surface area contributed by atoms with Crippen LogP contribution in [-0.2, 0) is 39.1 Å². The maximum absolute atomic E-state index is 10.7. The predicted molar refractivity (Wildman–Crippen MR) is 110 cm³/mol. The van der Waals surface area contributed by atoms with Gasteiger partial charge in [0.25, 0.3) is 0 Å². The van der Waals surface area contributed by atoms with Crippen LogP contribution in [-0.4, -0.2) is 27.3 Å². The predicted octanol–water partition coefficient (Wildman–Crippen LogP) is 4.55. The second-order valence-corrected chi connectivity index (χ2v) is 9.17. The fourth-order valence-electron chi connectivity index (χ4n) is 4.85. The average molecular weight is 484 g/mol. The third-order valence-electron chi connectivity index (χ3n) is 6.64. The molecule has 2 saturated carbocycles. The molecule has 6 heteroatoms. The van der Waals surface area contributed by atoms with E-state index < -0.39 is 6.10 Å². The van der Waals surface area contributed by atoms with Gasteiger partial charge in [-0.1, -0.05) is 54.7 Å². The molecule has 5 atom stereocenters. The van der Waals surface area contributed by atoms with E-state index in [2.05, 4.69) is 27.3 Å². The van der Waals surface area contributed by atoms with Gasteiger partial charge in [0, 0.05) is 51.0 Å². The standard InChI is InChI=1S/C23H27N2O2S.Y/c1-24-19-14-20(26)22(18(19)6-3-7-21-25-12-13-28-21)15-8-10-17(11-9-15)23(27)16-4-2-5-16;/h8-12,16,18-20,22-23,26-27H,2-7,14H2;/q-1;/t18?,19-,20-,22?,23?;/m1./s1. The van der Waals surface area contributed by atoms with Gasteiger partial charge in [-0.25, -0.2) is 6.57 Å². The summed E-state index contributed by atoms with van der Waals surface area (Å²) in [7, 11) is 0. The molecular formula is C23H27N2O2SY-. The molecule has 4 rings (SSSR count). The van der Waals surface area contributed by atoms with E-state index in [1.807, 2.05) is 12.1 Å². The van der Waals surface area contributed by atoms with Gasteiger partial charge in [0.05, 0.1) is 12.2 Å². The van der Waals surface area contributed by atoms with Crippen LogP contribution >= 0.6 is 11.3 Å². The van der Waals surface area contributed by atoms with E-state index in [4.69, 9.17) is 6.57 Å². The Morgan fingerprint density at radius 3 is 2.62 bits per heavy atom. The first-order valence-corrected chi connectivity index (χ1v) is 11.1. The van der Waals surface area contributed by atoms with Crippen LogP contribution in [0.1, 0.15) is 66.7 Å². The van der Waals surface area contributed by atoms with Crippen molar-refractivity contribution in [1.29, 1.82) is 0 Å². The summed E-state index contributed by atoms with van der Waals surface area (Å²) in [6, 6.07) is 8.01. The minimum absolute atomic E-state index is 0. The van der Waals surface area contributed by atoms with Crippen molar-refractivity contribution in [1.82, 2.24) is 4.98 Å². The molecule has 2 aliphatic rings. The molecule has 0 bridgehead atoms. The molecule has 2 aliphatic carbocycles. The summed E-state index contributed by atoms with van der Waals surface area (Å²) in [4.78, 5) is 8.12. The molecule has 1 aromatic heterocycles. The van der Waals surface area contributed by atoms with Crippen molar-refractivity contribution in [2.24, 2.45) is 11.8 Å². The Morgan fingerprint density at radius 1 is 1.28 bits per heavy atom. The number of thiazole rings is 1. The van der Waals surface area contributed by atoms with Crippen molar-refractivity contribution in [3.8, 4) is 0 Å². The van der Waals surface area contributed by atoms with E-state index in [1.165, 1.54) is 6.42 Å². The maximum Gasteiger partial charge on any atom is 0.229 e. The van der Waals surface area contributed by atoms with Gasteiger partial charge in [-0.2, -0.15) is 5.38 Å². The van der Waals surface area contributed by atoms with Crippen molar-refractivity contribution < 1.29 is 42.9 Å². The number of hydrogen-bond donors (Lipinski definition) is 2. The van der Waals surface area contributed by atoms with E-state index in [-0.39, 0.29) is 56.7 Å². The number of benzene rings is 1. The molecule has 2 aromatic rings. The molecule has 4 nitrogen and oxygen atoms in total. The van der Waals surface area contributed by atoms with Crippen LogP contribution in [0.3, 0.4) is 0 Å². The summed E-state index contributed by atoms with van der Waals surface area (Å²) in [6.45, 7) is 7.58. The smallest absolute Gasteiger partial charge is 0.229 e. The third kappa shape index (κ3) is 5.17. The minimum Gasteiger partial charge on any atom is -0.392 e. The van der Waals surface area contributed by atoms with Crippen LogP contribution in [0, 0.1) is 23.8 Å². The zero-order valence-corrected chi connectivity index (χ0v) is 20.2. The Kier molecular flexibility index (Phi) is 8.42. The van der Waals surface area contributed by atoms with E-state index >= 15 is 0 Å². The number of aliphatic hydroxyl groups excluding tert-OH is 2. The van der Waals surface area contributed by atoms with Gasteiger partial charge < -0.3 is 31.4 Å². The van der Waals surface area contributed by atoms with Crippen molar-refractivity contribution in [2.75, 3.05) is 0 Å². The number of rotatable bonds is 7. The minimum atomic E-state index is -0.472. The molecular weight excluding hydrogens is 457 g/mol. The van der Waals surface area contributed by atoms with Crippen LogP contribution in [0.4, 0.5) is 0 Å². The number of hydrogen-bond acceptors (Lipinski definition) is 4. The Morgan fingerprint density at radius 2 is 2.03 bits per heavy atom. The van der Waals surface area contributed by atoms with Crippen LogP contribution in [0.25, 0.3) is 4.85 Å². The molecule has 1 heterocycles. The van der Waals surface area contributed by atoms with Crippen LogP contribution in [0.15, 0.2) is 30.5 Å². The fraction of sp³-hybridized carbons (Fsp3) is 0.565. The van der Waals surface area contributed by atoms with Crippen molar-refractivity contribution in [3.05, 3.63) is 63.4 Å². The average Bonchev–Trinajstić information content (AvgIpc) is 3.28. The van der Waals surface area contributed by atoms with Gasteiger partial charge in [0.1, 0.15) is 0 Å². The summed E-state index contributed by atoms with van der Waals surface area (Å²) in [5.41, 5.74) is 2.06. The van der Waals surface area contributed by atoms with E-state index in [9.17, 15) is 10.2 Å². The first kappa shape index (κ1) is 23.0. The van der Waals surface area contributed by atoms with Gasteiger partial charge in [-0.05, 0) is 36.3 Å². The molecule has 0 aliphatic heterocycles. The maximum atomic E-state index is 10.7. The first-order valence-electron chi connectivity index (χ1n) is 10.3. The van der Waals surface area contributed by atoms with Crippen molar-refractivity contribution >= 4 is 11.3 Å². The quantitative estimate of drug-likeness (QED) is 0.567. The zero-order chi connectivity index (χ0) is 19.5. The summed E-state index contributed by atoms with van der Waals surface area (Å²) >= 11 is 1.55. The van der Waals surface area contributed by atoms with E-state index in [0.717, 1.165) is 48.2 Å². The topological polar surface area (TPSA) is 57.7 Å². The van der Waals surface area contributed by atoms with Crippen LogP contribution in [0.5, 0.6) is 0 Å². The molecule has 0 saturated heterocycles. The summed E-state index contributed by atoms with van der Waals surface area (Å²) in [5.74, 6) is 0.556. The van der Waals surface area contributed by atoms with E-state index in [1.54, 1.807) is 17.5 Å². The second kappa shape index (κ2) is 10.6. The third-order valence-corrected chi connectivity index (χ3v) is 7.41. The first-order chi connectivity index (χ1) is 13.7. The number of aryl methyl sites for hydroxylation is 1. The molecule has 29 heavy (non-hydrogen) atoms. The molecule has 1 aromatic carbocycles. The SMILES string of the molecule is [C-]#[N+][C@@H]1C[C@@H](O)C(c2ccc(C(O)C3CCC3)cc2)C1CCCc1nc[c-]s1.[Y]. The second-order valence-electron chi connectivity index (χ2n) is 8.26. The van der Waals surface area contributed by atoms with Gasteiger partial charge in [-0.3, -0.25) is 0 Å². The molecule has 1 radical (unpaired) electrons. The molecule has 0 spiro atoms. The fourth-order valence-corrected chi connectivity index (χ4v) is 5.44. The van der Waals surface area contributed by atoms with E-state index in [0.29, 0.717) is 12.3 Å². The van der Waals surface area contributed by atoms with Crippen LogP contribution < -0.4 is 0 Å². The molecule has 2 fully saturated rings. The zero-order valence-electron chi connectivity index (χ0n) is 16.6. The van der Waals surface area contributed by atoms with Gasteiger partial charge in [0.15, 0.2) is 0 Å². The number of aliphatic hydroxyl groups is 2. The van der Waals surface area contributed by atoms with Crippen LogP contribution in [0.2, 0.25) is 0 Å². The summed E-state index contributed by atoms with van der Waals surface area (Å²) in [5, 5.41) is 25.3. The van der Waals surface area contributed by atoms with Crippen molar-refractivity contribution in [3.63, 3.8) is 0 Å². The molecule has 0 amide bonds. The Balaban J connectivity index is 0.00000240. The summed E-state index contributed by atoms with van der Waals surface area (Å²) < 4.78 is 0. The molecule has 151 valence electrons. The Hall–Kier alpha value is -0.636. The van der Waals surface area contributed by atoms with Gasteiger partial charge >= 0.3 is 0 Å². The van der Waals surface area contributed by atoms with Gasteiger partial charge in [0.2, 0.25) is 6.04 Å². The Bertz CT molecular complexity index is 801. The molecule has 3 unspecified atom stereocenters. The number of nitrogens with zero attached hydrogens (tertiary/aromatic N) is 2. The monoisotopic (exact) mass is 484 g/mol. The normalized spacial score (nSPS) is 27.6. The summed E-state index contributed by atoms with van der Waals surface area (Å²) in [6.07, 6.45) is 7.64. The Labute approximate surface area is 202 Å².